The highest BCUT2D eigenvalue weighted by molar-refractivity contribution is 5.85. The molecule has 0 amide bonds. The lowest BCUT2D eigenvalue weighted by atomic mass is 10.2. The van der Waals surface area contributed by atoms with Gasteiger partial charge in [-0.05, 0) is 18.6 Å². The molecule has 0 saturated carbocycles. The average Bonchev–Trinajstić information content (AvgIpc) is 1.77. The van der Waals surface area contributed by atoms with E-state index in [2.05, 4.69) is 0 Å². The molecular formula is C7H11ClO2. The standard InChI is InChI=1S/C7H8O.ClH.H2O/c1-6-4-2-3-5-7(6)8;;/h2-5,8H,1H3;1H;1H2. The van der Waals surface area contributed by atoms with E-state index in [1.807, 2.05) is 25.1 Å². The lowest BCUT2D eigenvalue weighted by Crippen LogP contribution is -1.68. The van der Waals surface area contributed by atoms with Crippen molar-refractivity contribution in [1.29, 1.82) is 0 Å². The zero-order valence-electron chi connectivity index (χ0n) is 5.66. The first-order valence-electron chi connectivity index (χ1n) is 2.55. The van der Waals surface area contributed by atoms with Crippen LogP contribution in [0.25, 0.3) is 0 Å². The number of phenolic OH excluding ortho intramolecular Hbond substituents is 1. The Hall–Kier alpha value is -0.730. The molecule has 0 unspecified atom stereocenters. The predicted octanol–water partition coefficient (Wildman–Crippen LogP) is 1.30. The first-order chi connectivity index (χ1) is 3.80. The molecule has 0 radical (unpaired) electrons. The van der Waals surface area contributed by atoms with E-state index in [0.29, 0.717) is 5.75 Å². The number of halogens is 1. The highest BCUT2D eigenvalue weighted by Crippen LogP contribution is 2.12. The summed E-state index contributed by atoms with van der Waals surface area (Å²) in [5.41, 5.74) is 0.924. The lowest BCUT2D eigenvalue weighted by Gasteiger charge is -1.92. The first-order valence-corrected chi connectivity index (χ1v) is 2.55. The molecule has 0 saturated heterocycles. The SMILES string of the molecule is Cc1ccccc1O.Cl.O. The minimum Gasteiger partial charge on any atom is -0.508 e. The molecule has 0 spiro atoms. The van der Waals surface area contributed by atoms with Crippen LogP contribution < -0.4 is 0 Å². The van der Waals surface area contributed by atoms with Crippen LogP contribution in [-0.2, 0) is 0 Å². The number of hydrogen-bond donors (Lipinski definition) is 1. The van der Waals surface area contributed by atoms with Crippen LogP contribution in [0, 0.1) is 6.92 Å². The number of aromatic hydroxyl groups is 1. The molecule has 2 nitrogen and oxygen atoms in total. The highest BCUT2D eigenvalue weighted by Gasteiger charge is 1.86. The molecule has 1 aromatic rings. The van der Waals surface area contributed by atoms with E-state index in [4.69, 9.17) is 5.11 Å². The molecule has 0 aliphatic rings. The fourth-order valence-electron chi connectivity index (χ4n) is 0.563. The van der Waals surface area contributed by atoms with Gasteiger partial charge in [-0.25, -0.2) is 0 Å². The van der Waals surface area contributed by atoms with Crippen molar-refractivity contribution in [1.82, 2.24) is 0 Å². The summed E-state index contributed by atoms with van der Waals surface area (Å²) >= 11 is 0. The predicted molar refractivity (Wildman–Crippen MR) is 43.7 cm³/mol. The summed E-state index contributed by atoms with van der Waals surface area (Å²) in [4.78, 5) is 0. The van der Waals surface area contributed by atoms with Gasteiger partial charge in [-0.2, -0.15) is 0 Å². The zero-order chi connectivity index (χ0) is 5.98. The van der Waals surface area contributed by atoms with Crippen molar-refractivity contribution in [3.63, 3.8) is 0 Å². The van der Waals surface area contributed by atoms with Crippen LogP contribution in [0.2, 0.25) is 0 Å². The van der Waals surface area contributed by atoms with Crippen molar-refractivity contribution in [2.45, 2.75) is 6.92 Å². The smallest absolute Gasteiger partial charge is 0.118 e. The van der Waals surface area contributed by atoms with Gasteiger partial charge in [0, 0.05) is 0 Å². The summed E-state index contributed by atoms with van der Waals surface area (Å²) in [6.07, 6.45) is 0. The Morgan fingerprint density at radius 2 is 1.70 bits per heavy atom. The quantitative estimate of drug-likeness (QED) is 0.614. The van der Waals surface area contributed by atoms with Crippen molar-refractivity contribution in [3.05, 3.63) is 29.8 Å². The van der Waals surface area contributed by atoms with Crippen LogP contribution in [0.4, 0.5) is 0 Å². The van der Waals surface area contributed by atoms with E-state index < -0.39 is 0 Å². The average molecular weight is 163 g/mol. The van der Waals surface area contributed by atoms with Crippen LogP contribution in [-0.4, -0.2) is 10.6 Å². The van der Waals surface area contributed by atoms with E-state index in [9.17, 15) is 0 Å². The third-order valence-corrected chi connectivity index (χ3v) is 1.12. The number of benzene rings is 1. The molecule has 3 N–H and O–H groups in total. The molecule has 3 heteroatoms. The fourth-order valence-corrected chi connectivity index (χ4v) is 0.563. The summed E-state index contributed by atoms with van der Waals surface area (Å²) < 4.78 is 0. The summed E-state index contributed by atoms with van der Waals surface area (Å²) in [5.74, 6) is 0.368. The van der Waals surface area contributed by atoms with Gasteiger partial charge in [0.05, 0.1) is 0 Å². The van der Waals surface area contributed by atoms with Gasteiger partial charge in [0.1, 0.15) is 5.75 Å². The fraction of sp³-hybridized carbons (Fsp3) is 0.143. The topological polar surface area (TPSA) is 51.7 Å². The van der Waals surface area contributed by atoms with Gasteiger partial charge >= 0.3 is 0 Å². The van der Waals surface area contributed by atoms with Gasteiger partial charge < -0.3 is 10.6 Å². The molecule has 0 aliphatic carbocycles. The Kier molecular flexibility index (Phi) is 6.10. The van der Waals surface area contributed by atoms with Gasteiger partial charge in [0.15, 0.2) is 0 Å². The Morgan fingerprint density at radius 1 is 1.20 bits per heavy atom. The van der Waals surface area contributed by atoms with E-state index in [1.165, 1.54) is 0 Å². The van der Waals surface area contributed by atoms with Crippen molar-refractivity contribution >= 4 is 12.4 Å². The van der Waals surface area contributed by atoms with Crippen LogP contribution in [0.15, 0.2) is 24.3 Å². The van der Waals surface area contributed by atoms with Crippen LogP contribution >= 0.6 is 12.4 Å². The Morgan fingerprint density at radius 3 is 2.00 bits per heavy atom. The molecule has 0 heterocycles. The van der Waals surface area contributed by atoms with Gasteiger partial charge in [-0.15, -0.1) is 12.4 Å². The van der Waals surface area contributed by atoms with Gasteiger partial charge in [-0.3, -0.25) is 0 Å². The molecule has 1 aromatic carbocycles. The normalized spacial score (nSPS) is 7.30. The van der Waals surface area contributed by atoms with Crippen LogP contribution in [0.1, 0.15) is 5.56 Å². The Labute approximate surface area is 66.2 Å². The monoisotopic (exact) mass is 162 g/mol. The summed E-state index contributed by atoms with van der Waals surface area (Å²) in [6, 6.07) is 7.25. The molecule has 0 aromatic heterocycles. The van der Waals surface area contributed by atoms with E-state index >= 15 is 0 Å². The van der Waals surface area contributed by atoms with E-state index in [1.54, 1.807) is 6.07 Å². The second kappa shape index (κ2) is 5.09. The lowest BCUT2D eigenvalue weighted by molar-refractivity contribution is 0.471. The second-order valence-corrected chi connectivity index (χ2v) is 1.79. The minimum absolute atomic E-state index is 0. The number of rotatable bonds is 0. The molecule has 58 valence electrons. The van der Waals surface area contributed by atoms with E-state index in [-0.39, 0.29) is 17.9 Å². The van der Waals surface area contributed by atoms with Crippen molar-refractivity contribution in [2.24, 2.45) is 0 Å². The number of phenols is 1. The molecule has 1 rings (SSSR count). The van der Waals surface area contributed by atoms with Gasteiger partial charge in [0.25, 0.3) is 0 Å². The van der Waals surface area contributed by atoms with E-state index in [0.717, 1.165) is 5.56 Å². The first kappa shape index (κ1) is 12.0. The van der Waals surface area contributed by atoms with Crippen LogP contribution in [0.3, 0.4) is 0 Å². The van der Waals surface area contributed by atoms with Crippen molar-refractivity contribution in [3.8, 4) is 5.75 Å². The number of aryl methyl sites for hydroxylation is 1. The van der Waals surface area contributed by atoms with Crippen LogP contribution in [0.5, 0.6) is 5.75 Å². The summed E-state index contributed by atoms with van der Waals surface area (Å²) in [7, 11) is 0. The van der Waals surface area contributed by atoms with Crippen molar-refractivity contribution < 1.29 is 10.6 Å². The van der Waals surface area contributed by atoms with Crippen molar-refractivity contribution in [2.75, 3.05) is 0 Å². The largest absolute Gasteiger partial charge is 0.508 e. The molecule has 10 heavy (non-hydrogen) atoms. The minimum atomic E-state index is 0. The number of para-hydroxylation sites is 1. The Balaban J connectivity index is 0. The zero-order valence-corrected chi connectivity index (χ0v) is 6.48. The number of hydrogen-bond acceptors (Lipinski definition) is 1. The third-order valence-electron chi connectivity index (χ3n) is 1.12. The molecular weight excluding hydrogens is 152 g/mol. The third kappa shape index (κ3) is 2.71. The summed E-state index contributed by atoms with van der Waals surface area (Å²) in [5, 5.41) is 8.92. The molecule has 0 aliphatic heterocycles. The Bertz CT molecular complexity index is 168. The molecule has 0 fully saturated rings. The molecule has 0 atom stereocenters. The maximum absolute atomic E-state index is 8.92. The highest BCUT2D eigenvalue weighted by atomic mass is 35.5. The molecule has 0 bridgehead atoms. The van der Waals surface area contributed by atoms with Gasteiger partial charge in [-0.1, -0.05) is 18.2 Å². The maximum atomic E-state index is 8.92. The van der Waals surface area contributed by atoms with Gasteiger partial charge in [0.2, 0.25) is 0 Å². The summed E-state index contributed by atoms with van der Waals surface area (Å²) in [6.45, 7) is 1.87. The second-order valence-electron chi connectivity index (χ2n) is 1.79. The maximum Gasteiger partial charge on any atom is 0.118 e.